The number of alkyl carbamates (subject to hydrolysis) is 1. The number of H-pyrrole nitrogens is 1. The number of amides is 2. The number of hydrogen-bond acceptors (Lipinski definition) is 4. The topological polar surface area (TPSA) is 87.1 Å². The first kappa shape index (κ1) is 16.2. The molecule has 0 spiro atoms. The lowest BCUT2D eigenvalue weighted by Crippen LogP contribution is -2.49. The molecule has 1 aromatic rings. The Morgan fingerprint density at radius 1 is 1.52 bits per heavy atom. The third kappa shape index (κ3) is 3.04. The van der Waals surface area contributed by atoms with Gasteiger partial charge in [0, 0.05) is 12.8 Å². The van der Waals surface area contributed by atoms with E-state index < -0.39 is 12.1 Å². The molecule has 23 heavy (non-hydrogen) atoms. The van der Waals surface area contributed by atoms with Crippen LogP contribution >= 0.6 is 15.9 Å². The highest BCUT2D eigenvalue weighted by atomic mass is 79.9. The Bertz CT molecular complexity index is 682. The maximum absolute atomic E-state index is 13.0. The number of nitrogens with one attached hydrogen (secondary N) is 2. The van der Waals surface area contributed by atoms with E-state index in [-0.39, 0.29) is 17.9 Å². The number of hydrogen-bond donors (Lipinski definition) is 2. The average Bonchev–Trinajstić information content (AvgIpc) is 2.96. The predicted molar refractivity (Wildman–Crippen MR) is 86.2 cm³/mol. The van der Waals surface area contributed by atoms with E-state index in [1.54, 1.807) is 6.20 Å². The number of ether oxygens (including phenoxy) is 1. The van der Waals surface area contributed by atoms with Crippen LogP contribution in [-0.4, -0.2) is 45.4 Å². The van der Waals surface area contributed by atoms with E-state index in [0.29, 0.717) is 5.92 Å². The van der Waals surface area contributed by atoms with Crippen molar-refractivity contribution in [3.8, 4) is 0 Å². The molecule has 1 aromatic heterocycles. The maximum atomic E-state index is 13.0. The van der Waals surface area contributed by atoms with E-state index in [1.165, 1.54) is 7.11 Å². The number of carbonyl (C=O) groups excluding carboxylic acids is 2. The van der Waals surface area contributed by atoms with Crippen molar-refractivity contribution in [2.24, 2.45) is 11.8 Å². The third-order valence-corrected chi connectivity index (χ3v) is 4.81. The van der Waals surface area contributed by atoms with Crippen LogP contribution in [0.1, 0.15) is 38.6 Å². The number of halogens is 1. The van der Waals surface area contributed by atoms with Gasteiger partial charge in [0.1, 0.15) is 4.60 Å². The first-order valence-corrected chi connectivity index (χ1v) is 8.45. The predicted octanol–water partition coefficient (Wildman–Crippen LogP) is 2.00. The number of aromatic nitrogens is 2. The Hall–Kier alpha value is -1.70. The molecule has 1 saturated carbocycles. The zero-order valence-electron chi connectivity index (χ0n) is 13.3. The molecule has 3 atom stereocenters. The van der Waals surface area contributed by atoms with Gasteiger partial charge in [-0.05, 0) is 21.8 Å². The number of aromatic amines is 1. The van der Waals surface area contributed by atoms with Crippen LogP contribution < -0.4 is 5.32 Å². The van der Waals surface area contributed by atoms with Gasteiger partial charge in [-0.1, -0.05) is 13.8 Å². The van der Waals surface area contributed by atoms with Crippen molar-refractivity contribution in [3.63, 3.8) is 0 Å². The summed E-state index contributed by atoms with van der Waals surface area (Å²) in [6.45, 7) is 3.81. The Labute approximate surface area is 142 Å². The summed E-state index contributed by atoms with van der Waals surface area (Å²) >= 11 is 3.35. The normalized spacial score (nSPS) is 23.7. The van der Waals surface area contributed by atoms with Crippen LogP contribution in [0.4, 0.5) is 4.79 Å². The van der Waals surface area contributed by atoms with Crippen molar-refractivity contribution in [2.75, 3.05) is 7.11 Å². The summed E-state index contributed by atoms with van der Waals surface area (Å²) in [4.78, 5) is 32.1. The van der Waals surface area contributed by atoms with Gasteiger partial charge >= 0.3 is 12.0 Å². The van der Waals surface area contributed by atoms with Gasteiger partial charge in [0.05, 0.1) is 19.2 Å². The lowest BCUT2D eigenvalue weighted by Gasteiger charge is -2.19. The summed E-state index contributed by atoms with van der Waals surface area (Å²) in [5, 5.41) is 2.65. The molecule has 2 N–H and O–H groups in total. The summed E-state index contributed by atoms with van der Waals surface area (Å²) < 4.78 is 7.25. The van der Waals surface area contributed by atoms with Crippen molar-refractivity contribution in [1.82, 2.24) is 15.3 Å². The number of nitrogens with zero attached hydrogens (tertiary/aromatic N) is 2. The second kappa shape index (κ2) is 6.07. The second-order valence-corrected chi connectivity index (χ2v) is 7.18. The van der Waals surface area contributed by atoms with Crippen molar-refractivity contribution in [1.29, 1.82) is 0 Å². The Balaban J connectivity index is 1.87. The summed E-state index contributed by atoms with van der Waals surface area (Å²) in [7, 11) is 1.29. The van der Waals surface area contributed by atoms with Gasteiger partial charge in [-0.2, -0.15) is 4.58 Å². The van der Waals surface area contributed by atoms with Crippen LogP contribution in [0.25, 0.3) is 0 Å². The minimum atomic E-state index is -0.616. The molecule has 0 radical (unpaired) electrons. The quantitative estimate of drug-likeness (QED) is 0.778. The van der Waals surface area contributed by atoms with Gasteiger partial charge in [0.25, 0.3) is 0 Å². The van der Waals surface area contributed by atoms with Gasteiger partial charge in [0.2, 0.25) is 6.04 Å². The fourth-order valence-electron chi connectivity index (χ4n) is 3.14. The van der Waals surface area contributed by atoms with Crippen molar-refractivity contribution < 1.29 is 18.9 Å². The molecule has 0 aromatic carbocycles. The van der Waals surface area contributed by atoms with Crippen LogP contribution in [0.15, 0.2) is 10.8 Å². The van der Waals surface area contributed by atoms with Crippen molar-refractivity contribution >= 4 is 33.6 Å². The summed E-state index contributed by atoms with van der Waals surface area (Å²) in [6, 6.07) is -0.710. The summed E-state index contributed by atoms with van der Waals surface area (Å²) in [6.07, 6.45) is 2.93. The Kier molecular flexibility index (Phi) is 4.27. The molecule has 1 fully saturated rings. The highest BCUT2D eigenvalue weighted by molar-refractivity contribution is 9.10. The van der Waals surface area contributed by atoms with Crippen LogP contribution in [-0.2, 0) is 9.53 Å². The van der Waals surface area contributed by atoms with Gasteiger partial charge in [0.15, 0.2) is 17.6 Å². The van der Waals surface area contributed by atoms with Crippen LogP contribution in [0.3, 0.4) is 0 Å². The molecule has 8 heteroatoms. The monoisotopic (exact) mass is 383 g/mol. The number of fused-ring (bicyclic) bond motifs is 1. The van der Waals surface area contributed by atoms with E-state index in [1.807, 2.05) is 18.4 Å². The van der Waals surface area contributed by atoms with Crippen molar-refractivity contribution in [3.05, 3.63) is 16.6 Å². The average molecular weight is 384 g/mol. The highest BCUT2D eigenvalue weighted by Crippen LogP contribution is 2.44. The molecule has 124 valence electrons. The SMILES string of the molecule is COC(=O)NC(C(=O)[N+]1=C2CC2CC1c1ncc(Br)[nH]1)C(C)C. The third-order valence-electron chi connectivity index (χ3n) is 4.40. The van der Waals surface area contributed by atoms with Crippen molar-refractivity contribution in [2.45, 2.75) is 38.8 Å². The highest BCUT2D eigenvalue weighted by Gasteiger charge is 2.57. The first-order valence-electron chi connectivity index (χ1n) is 7.66. The van der Waals surface area contributed by atoms with Gasteiger partial charge in [-0.3, -0.25) is 0 Å². The fraction of sp³-hybridized carbons (Fsp3) is 0.600. The minimum Gasteiger partial charge on any atom is -0.453 e. The van der Waals surface area contributed by atoms with Crippen LogP contribution in [0.5, 0.6) is 0 Å². The van der Waals surface area contributed by atoms with E-state index in [9.17, 15) is 9.59 Å². The number of imidazole rings is 1. The minimum absolute atomic E-state index is 0.0380. The van der Waals surface area contributed by atoms with Crippen LogP contribution in [0.2, 0.25) is 0 Å². The molecule has 2 heterocycles. The van der Waals surface area contributed by atoms with E-state index in [2.05, 4.69) is 36.0 Å². The molecule has 0 bridgehead atoms. The molecule has 0 saturated heterocycles. The lowest BCUT2D eigenvalue weighted by molar-refractivity contribution is -0.491. The molecule has 3 unspecified atom stereocenters. The second-order valence-electron chi connectivity index (χ2n) is 6.33. The molecule has 2 aliphatic rings. The zero-order chi connectivity index (χ0) is 16.7. The molecule has 3 rings (SSSR count). The van der Waals surface area contributed by atoms with Crippen LogP contribution in [0, 0.1) is 11.8 Å². The number of rotatable bonds is 4. The van der Waals surface area contributed by atoms with E-state index in [0.717, 1.165) is 29.0 Å². The molecule has 1 aliphatic heterocycles. The Morgan fingerprint density at radius 2 is 2.26 bits per heavy atom. The fourth-order valence-corrected chi connectivity index (χ4v) is 3.45. The molecule has 1 aliphatic carbocycles. The zero-order valence-corrected chi connectivity index (χ0v) is 14.9. The van der Waals surface area contributed by atoms with Gasteiger partial charge in [-0.15, -0.1) is 0 Å². The number of methoxy groups -OCH3 is 1. The lowest BCUT2D eigenvalue weighted by atomic mass is 10.0. The van der Waals surface area contributed by atoms with Gasteiger partial charge < -0.3 is 15.0 Å². The molecule has 2 amide bonds. The number of carbonyl (C=O) groups is 2. The van der Waals surface area contributed by atoms with Gasteiger partial charge in [-0.25, -0.2) is 14.6 Å². The standard InChI is InChI=1S/C15H19BrN4O3/c1-7(2)12(19-15(22)23-3)14(21)20-9-4-8(9)5-10(20)13-17-6-11(16)18-13/h6-8,10,12H,4-5H2,1-3H3,(H-,17,18,19,22)/p+1. The smallest absolute Gasteiger partial charge is 0.410 e. The summed E-state index contributed by atoms with van der Waals surface area (Å²) in [5.74, 6) is 1.09. The maximum Gasteiger partial charge on any atom is 0.410 e. The largest absolute Gasteiger partial charge is 0.453 e. The molecular weight excluding hydrogens is 364 g/mol. The van der Waals surface area contributed by atoms with E-state index in [4.69, 9.17) is 0 Å². The molecular formula is C15H20BrN4O3+. The Morgan fingerprint density at radius 3 is 2.83 bits per heavy atom. The summed E-state index contributed by atoms with van der Waals surface area (Å²) in [5.41, 5.74) is 1.14. The molecule has 7 nitrogen and oxygen atoms in total. The van der Waals surface area contributed by atoms with E-state index >= 15 is 0 Å². The first-order chi connectivity index (χ1) is 10.9.